The van der Waals surface area contributed by atoms with Crippen molar-refractivity contribution in [1.82, 2.24) is 5.32 Å². The van der Waals surface area contributed by atoms with Crippen LogP contribution in [-0.4, -0.2) is 56.6 Å². The Morgan fingerprint density at radius 3 is 2.49 bits per heavy atom. The molecule has 1 aromatic rings. The van der Waals surface area contributed by atoms with Gasteiger partial charge in [-0.3, -0.25) is 14.9 Å². The first-order valence-corrected chi connectivity index (χ1v) is 13.7. The summed E-state index contributed by atoms with van der Waals surface area (Å²) < 4.78 is 35.2. The predicted molar refractivity (Wildman–Crippen MR) is 142 cm³/mol. The maximum absolute atomic E-state index is 14.9. The fourth-order valence-electron chi connectivity index (χ4n) is 5.78. The lowest BCUT2D eigenvalue weighted by Gasteiger charge is -2.38. The molecule has 5 rings (SSSR count). The molecular formula is C29H39F2N3O3. The third-order valence-electron chi connectivity index (χ3n) is 7.69. The number of halogens is 2. The van der Waals surface area contributed by atoms with Gasteiger partial charge in [-0.25, -0.2) is 8.78 Å². The second-order valence-corrected chi connectivity index (χ2v) is 9.96. The van der Waals surface area contributed by atoms with Gasteiger partial charge in [-0.15, -0.1) is 0 Å². The van der Waals surface area contributed by atoms with Gasteiger partial charge in [0.05, 0.1) is 6.61 Å². The number of imide groups is 1. The highest BCUT2D eigenvalue weighted by atomic mass is 19.3. The molecule has 0 saturated carbocycles. The van der Waals surface area contributed by atoms with Crippen LogP contribution in [0.2, 0.25) is 0 Å². The Kier molecular flexibility index (Phi) is 9.00. The summed E-state index contributed by atoms with van der Waals surface area (Å²) in [6, 6.07) is 5.71. The Morgan fingerprint density at radius 1 is 1.03 bits per heavy atom. The Labute approximate surface area is 218 Å². The SMILES string of the molecule is CC.O=C1CCC(N2CCc3c(N4CCC(C(F)(F)COCC5=CCCC=C5)CC4)cccc32)C(=O)N1. The summed E-state index contributed by atoms with van der Waals surface area (Å²) in [5, 5.41) is 2.45. The van der Waals surface area contributed by atoms with Gasteiger partial charge in [0.2, 0.25) is 11.8 Å². The number of carbonyl (C=O) groups excluding carboxylic acids is 2. The molecular weight excluding hydrogens is 476 g/mol. The fraction of sp³-hybridized carbons (Fsp3) is 0.586. The number of anilines is 2. The van der Waals surface area contributed by atoms with Gasteiger partial charge in [-0.1, -0.05) is 38.1 Å². The molecule has 1 aromatic carbocycles. The van der Waals surface area contributed by atoms with E-state index in [2.05, 4.69) is 33.3 Å². The predicted octanol–water partition coefficient (Wildman–Crippen LogP) is 5.03. The summed E-state index contributed by atoms with van der Waals surface area (Å²) in [5.41, 5.74) is 4.24. The molecule has 0 spiro atoms. The molecule has 0 radical (unpaired) electrons. The van der Waals surface area contributed by atoms with E-state index in [9.17, 15) is 18.4 Å². The highest BCUT2D eigenvalue weighted by molar-refractivity contribution is 6.02. The Hall–Kier alpha value is -2.74. The summed E-state index contributed by atoms with van der Waals surface area (Å²) in [7, 11) is 0. The number of fused-ring (bicyclic) bond motifs is 1. The first-order valence-electron chi connectivity index (χ1n) is 13.7. The maximum Gasteiger partial charge on any atom is 0.273 e. The van der Waals surface area contributed by atoms with Crippen LogP contribution < -0.4 is 15.1 Å². The summed E-state index contributed by atoms with van der Waals surface area (Å²) in [6.45, 7) is 5.57. The molecule has 8 heteroatoms. The number of benzene rings is 1. The summed E-state index contributed by atoms with van der Waals surface area (Å²) >= 11 is 0. The molecule has 3 heterocycles. The maximum atomic E-state index is 14.9. The minimum atomic E-state index is -2.84. The van der Waals surface area contributed by atoms with Gasteiger partial charge in [-0.05, 0) is 56.2 Å². The largest absolute Gasteiger partial charge is 0.371 e. The average molecular weight is 516 g/mol. The highest BCUT2D eigenvalue weighted by Gasteiger charge is 2.42. The molecule has 1 aliphatic carbocycles. The molecule has 1 unspecified atom stereocenters. The van der Waals surface area contributed by atoms with E-state index >= 15 is 0 Å². The molecule has 6 nitrogen and oxygen atoms in total. The molecule has 2 saturated heterocycles. The molecule has 3 aliphatic heterocycles. The highest BCUT2D eigenvalue weighted by Crippen LogP contribution is 2.40. The van der Waals surface area contributed by atoms with E-state index < -0.39 is 18.4 Å². The lowest BCUT2D eigenvalue weighted by Crippen LogP contribution is -2.52. The number of nitrogens with zero attached hydrogens (tertiary/aromatic N) is 2. The molecule has 37 heavy (non-hydrogen) atoms. The van der Waals surface area contributed by atoms with Crippen LogP contribution >= 0.6 is 0 Å². The van der Waals surface area contributed by atoms with Gasteiger partial charge in [0.15, 0.2) is 0 Å². The third kappa shape index (κ3) is 6.22. The first-order chi connectivity index (χ1) is 17.9. The Bertz CT molecular complexity index is 1030. The summed E-state index contributed by atoms with van der Waals surface area (Å²) in [5.74, 6) is -3.98. The number of rotatable bonds is 7. The minimum Gasteiger partial charge on any atom is -0.371 e. The minimum absolute atomic E-state index is 0.215. The molecule has 4 aliphatic rings. The van der Waals surface area contributed by atoms with Gasteiger partial charge in [0.25, 0.3) is 5.92 Å². The molecule has 1 N–H and O–H groups in total. The van der Waals surface area contributed by atoms with Crippen LogP contribution in [0.1, 0.15) is 57.9 Å². The Morgan fingerprint density at radius 2 is 1.78 bits per heavy atom. The lowest BCUT2D eigenvalue weighted by atomic mass is 9.90. The van der Waals surface area contributed by atoms with Crippen LogP contribution in [0, 0.1) is 5.92 Å². The van der Waals surface area contributed by atoms with Gasteiger partial charge in [0.1, 0.15) is 12.6 Å². The number of amides is 2. The van der Waals surface area contributed by atoms with Crippen LogP contribution in [0.3, 0.4) is 0 Å². The third-order valence-corrected chi connectivity index (χ3v) is 7.69. The first kappa shape index (κ1) is 27.3. The van der Waals surface area contributed by atoms with Crippen molar-refractivity contribution in [3.8, 4) is 0 Å². The topological polar surface area (TPSA) is 61.9 Å². The second-order valence-electron chi connectivity index (χ2n) is 9.96. The van der Waals surface area contributed by atoms with E-state index in [-0.39, 0.29) is 24.5 Å². The number of ether oxygens (including phenoxy) is 1. The van der Waals surface area contributed by atoms with E-state index in [1.165, 1.54) is 5.56 Å². The van der Waals surface area contributed by atoms with Crippen LogP contribution in [0.15, 0.2) is 42.0 Å². The number of hydrogen-bond donors (Lipinski definition) is 1. The summed E-state index contributed by atoms with van der Waals surface area (Å²) in [6.07, 6.45) is 10.5. The smallest absolute Gasteiger partial charge is 0.273 e. The molecule has 0 aromatic heterocycles. The van der Waals surface area contributed by atoms with Crippen LogP contribution in [-0.2, 0) is 20.7 Å². The number of alkyl halides is 2. The molecule has 2 fully saturated rings. The van der Waals surface area contributed by atoms with E-state index in [4.69, 9.17) is 4.74 Å². The normalized spacial score (nSPS) is 22.3. The van der Waals surface area contributed by atoms with Crippen molar-refractivity contribution in [1.29, 1.82) is 0 Å². The number of nitrogens with one attached hydrogen (secondary N) is 1. The zero-order valence-electron chi connectivity index (χ0n) is 22.0. The van der Waals surface area contributed by atoms with E-state index in [0.29, 0.717) is 38.8 Å². The second kappa shape index (κ2) is 12.2. The average Bonchev–Trinajstić information content (AvgIpc) is 3.35. The van der Waals surface area contributed by atoms with Crippen molar-refractivity contribution in [2.24, 2.45) is 5.92 Å². The van der Waals surface area contributed by atoms with Gasteiger partial charge < -0.3 is 14.5 Å². The van der Waals surface area contributed by atoms with Crippen molar-refractivity contribution >= 4 is 23.2 Å². The van der Waals surface area contributed by atoms with Gasteiger partial charge >= 0.3 is 0 Å². The van der Waals surface area contributed by atoms with Gasteiger partial charge in [0, 0.05) is 48.9 Å². The van der Waals surface area contributed by atoms with Crippen molar-refractivity contribution in [3.63, 3.8) is 0 Å². The zero-order valence-corrected chi connectivity index (χ0v) is 22.0. The van der Waals surface area contributed by atoms with Crippen LogP contribution in [0.4, 0.5) is 20.2 Å². The molecule has 202 valence electrons. The van der Waals surface area contributed by atoms with E-state index in [1.807, 2.05) is 32.1 Å². The fourth-order valence-corrected chi connectivity index (χ4v) is 5.78. The molecule has 1 atom stereocenters. The monoisotopic (exact) mass is 515 g/mol. The molecule has 0 bridgehead atoms. The lowest BCUT2D eigenvalue weighted by molar-refractivity contribution is -0.134. The van der Waals surface area contributed by atoms with Gasteiger partial charge in [-0.2, -0.15) is 0 Å². The summed E-state index contributed by atoms with van der Waals surface area (Å²) in [4.78, 5) is 28.3. The standard InChI is InChI=1S/C27H33F2N3O3.C2H6/c28-27(29,18-35-17-19-5-2-1-3-6-19)20-11-14-31(15-12-20)22-7-4-8-23-21(22)13-16-32(23)24-9-10-25(33)30-26(24)34;1-2/h2,4-8,20,24H,1,3,9-18H2,(H,30,33,34);1-2H3. The van der Waals surface area contributed by atoms with Crippen molar-refractivity contribution < 1.29 is 23.1 Å². The zero-order chi connectivity index (χ0) is 26.4. The van der Waals surface area contributed by atoms with Crippen LogP contribution in [0.25, 0.3) is 0 Å². The Balaban J connectivity index is 0.00000156. The van der Waals surface area contributed by atoms with E-state index in [1.54, 1.807) is 0 Å². The number of piperidine rings is 2. The van der Waals surface area contributed by atoms with E-state index in [0.717, 1.165) is 42.8 Å². The molecule has 2 amide bonds. The van der Waals surface area contributed by atoms with Crippen molar-refractivity contribution in [2.45, 2.75) is 70.8 Å². The van der Waals surface area contributed by atoms with Crippen molar-refractivity contribution in [3.05, 3.63) is 47.6 Å². The van der Waals surface area contributed by atoms with Crippen LogP contribution in [0.5, 0.6) is 0 Å². The number of carbonyl (C=O) groups is 2. The quantitative estimate of drug-likeness (QED) is 0.517. The number of hydrogen-bond acceptors (Lipinski definition) is 5. The van der Waals surface area contributed by atoms with Crippen molar-refractivity contribution in [2.75, 3.05) is 42.6 Å². The number of allylic oxidation sites excluding steroid dienone is 2.